The number of carbonyl (C=O) groups excluding carboxylic acids is 1. The van der Waals surface area contributed by atoms with E-state index in [1.54, 1.807) is 0 Å². The van der Waals surface area contributed by atoms with Gasteiger partial charge in [0.15, 0.2) is 17.3 Å². The van der Waals surface area contributed by atoms with Crippen LogP contribution >= 0.6 is 0 Å². The summed E-state index contributed by atoms with van der Waals surface area (Å²) in [5.41, 5.74) is 5.06. The van der Waals surface area contributed by atoms with E-state index in [9.17, 15) is 14.3 Å². The molecule has 0 heterocycles. The molecule has 15 heavy (non-hydrogen) atoms. The van der Waals surface area contributed by atoms with Gasteiger partial charge in [-0.1, -0.05) is 0 Å². The molecule has 0 aliphatic rings. The standard InChI is InChI=1S/C9H10FNO4/c1-14-8-6(9(13)15-2)5(11)3-4(10)7(8)12/h3,12H,11H2,1-2H3. The van der Waals surface area contributed by atoms with Crippen LogP contribution < -0.4 is 10.5 Å². The van der Waals surface area contributed by atoms with E-state index in [1.807, 2.05) is 0 Å². The molecule has 5 nitrogen and oxygen atoms in total. The fraction of sp³-hybridized carbons (Fsp3) is 0.222. The van der Waals surface area contributed by atoms with E-state index in [0.29, 0.717) is 0 Å². The maximum atomic E-state index is 13.0. The third kappa shape index (κ3) is 1.78. The Morgan fingerprint density at radius 1 is 1.53 bits per heavy atom. The highest BCUT2D eigenvalue weighted by Gasteiger charge is 2.23. The van der Waals surface area contributed by atoms with Crippen LogP contribution in [-0.2, 0) is 4.74 Å². The summed E-state index contributed by atoms with van der Waals surface area (Å²) < 4.78 is 22.1. The van der Waals surface area contributed by atoms with E-state index in [0.717, 1.165) is 13.2 Å². The van der Waals surface area contributed by atoms with Crippen molar-refractivity contribution >= 4 is 11.7 Å². The lowest BCUT2D eigenvalue weighted by atomic mass is 10.1. The van der Waals surface area contributed by atoms with Gasteiger partial charge < -0.3 is 20.3 Å². The number of anilines is 1. The Hall–Kier alpha value is -1.98. The number of benzene rings is 1. The van der Waals surface area contributed by atoms with Gasteiger partial charge in [-0.2, -0.15) is 0 Å². The molecule has 3 N–H and O–H groups in total. The van der Waals surface area contributed by atoms with Crippen LogP contribution in [0.25, 0.3) is 0 Å². The molecule has 82 valence electrons. The van der Waals surface area contributed by atoms with Gasteiger partial charge in [0.1, 0.15) is 5.56 Å². The van der Waals surface area contributed by atoms with E-state index in [4.69, 9.17) is 5.73 Å². The molecule has 0 radical (unpaired) electrons. The van der Waals surface area contributed by atoms with Gasteiger partial charge in [0.25, 0.3) is 0 Å². The number of halogens is 1. The molecule has 1 rings (SSSR count). The number of ether oxygens (including phenoxy) is 2. The van der Waals surface area contributed by atoms with Crippen molar-refractivity contribution in [1.29, 1.82) is 0 Å². The molecular weight excluding hydrogens is 205 g/mol. The summed E-state index contributed by atoms with van der Waals surface area (Å²) in [4.78, 5) is 11.3. The van der Waals surface area contributed by atoms with Crippen LogP contribution in [0, 0.1) is 5.82 Å². The number of carbonyl (C=O) groups is 1. The maximum Gasteiger partial charge on any atom is 0.343 e. The Morgan fingerprint density at radius 3 is 2.60 bits per heavy atom. The summed E-state index contributed by atoms with van der Waals surface area (Å²) in [5.74, 6) is -2.87. The first-order chi connectivity index (χ1) is 7.02. The zero-order valence-electron chi connectivity index (χ0n) is 8.20. The molecule has 0 aliphatic heterocycles. The van der Waals surface area contributed by atoms with E-state index in [1.165, 1.54) is 7.11 Å². The number of hydrogen-bond acceptors (Lipinski definition) is 5. The van der Waals surface area contributed by atoms with Crippen molar-refractivity contribution < 1.29 is 23.8 Å². The summed E-state index contributed by atoms with van der Waals surface area (Å²) in [6.07, 6.45) is 0. The van der Waals surface area contributed by atoms with Crippen molar-refractivity contribution in [2.24, 2.45) is 0 Å². The summed E-state index contributed by atoms with van der Waals surface area (Å²) in [7, 11) is 2.32. The molecule has 0 bridgehead atoms. The molecule has 1 aromatic carbocycles. The Balaban J connectivity index is 3.49. The largest absolute Gasteiger partial charge is 0.502 e. The number of hydrogen-bond donors (Lipinski definition) is 2. The predicted octanol–water partition coefficient (Wildman–Crippen LogP) is 0.909. The molecule has 0 fully saturated rings. The lowest BCUT2D eigenvalue weighted by Gasteiger charge is -2.11. The zero-order valence-corrected chi connectivity index (χ0v) is 8.20. The fourth-order valence-corrected chi connectivity index (χ4v) is 1.15. The van der Waals surface area contributed by atoms with Crippen molar-refractivity contribution in [1.82, 2.24) is 0 Å². The molecule has 0 aliphatic carbocycles. The summed E-state index contributed by atoms with van der Waals surface area (Å²) in [5, 5.41) is 9.28. The van der Waals surface area contributed by atoms with Crippen molar-refractivity contribution in [3.63, 3.8) is 0 Å². The molecule has 0 aromatic heterocycles. The smallest absolute Gasteiger partial charge is 0.343 e. The lowest BCUT2D eigenvalue weighted by Crippen LogP contribution is -2.09. The second kappa shape index (κ2) is 4.04. The number of methoxy groups -OCH3 is 2. The normalized spacial score (nSPS) is 9.80. The second-order valence-electron chi connectivity index (χ2n) is 2.70. The first kappa shape index (κ1) is 11.1. The highest BCUT2D eigenvalue weighted by molar-refractivity contribution is 5.99. The van der Waals surface area contributed by atoms with Crippen LogP contribution in [0.3, 0.4) is 0 Å². The number of rotatable bonds is 2. The number of esters is 1. The average Bonchev–Trinajstić information content (AvgIpc) is 2.21. The lowest BCUT2D eigenvalue weighted by molar-refractivity contribution is 0.0597. The molecule has 0 spiro atoms. The third-order valence-electron chi connectivity index (χ3n) is 1.83. The van der Waals surface area contributed by atoms with Gasteiger partial charge in [0.2, 0.25) is 0 Å². The van der Waals surface area contributed by atoms with Gasteiger partial charge >= 0.3 is 5.97 Å². The first-order valence-electron chi connectivity index (χ1n) is 3.96. The van der Waals surface area contributed by atoms with Crippen LogP contribution in [-0.4, -0.2) is 25.3 Å². The monoisotopic (exact) mass is 215 g/mol. The second-order valence-corrected chi connectivity index (χ2v) is 2.70. The number of aromatic hydroxyl groups is 1. The van der Waals surface area contributed by atoms with Crippen LogP contribution in [0.1, 0.15) is 10.4 Å². The highest BCUT2D eigenvalue weighted by atomic mass is 19.1. The quantitative estimate of drug-likeness (QED) is 0.435. The zero-order chi connectivity index (χ0) is 11.6. The van der Waals surface area contributed by atoms with Crippen molar-refractivity contribution in [2.45, 2.75) is 0 Å². The number of phenolic OH excluding ortho intramolecular Hbond substituents is 1. The number of nitrogens with two attached hydrogens (primary N) is 1. The molecular formula is C9H10FNO4. The van der Waals surface area contributed by atoms with Gasteiger partial charge in [-0.25, -0.2) is 9.18 Å². The van der Waals surface area contributed by atoms with E-state index >= 15 is 0 Å². The van der Waals surface area contributed by atoms with Gasteiger partial charge in [0.05, 0.1) is 19.9 Å². The van der Waals surface area contributed by atoms with Gasteiger partial charge in [0, 0.05) is 6.07 Å². The van der Waals surface area contributed by atoms with Gasteiger partial charge in [-0.15, -0.1) is 0 Å². The minimum atomic E-state index is -0.961. The number of nitrogen functional groups attached to an aromatic ring is 1. The molecule has 6 heteroatoms. The molecule has 0 saturated heterocycles. The van der Waals surface area contributed by atoms with E-state index in [2.05, 4.69) is 9.47 Å². The van der Waals surface area contributed by atoms with Gasteiger partial charge in [-0.05, 0) is 0 Å². The molecule has 0 atom stereocenters. The van der Waals surface area contributed by atoms with Crippen LogP contribution in [0.15, 0.2) is 6.07 Å². The van der Waals surface area contributed by atoms with Crippen molar-refractivity contribution in [2.75, 3.05) is 20.0 Å². The third-order valence-corrected chi connectivity index (χ3v) is 1.83. The van der Waals surface area contributed by atoms with Crippen LogP contribution in [0.4, 0.5) is 10.1 Å². The summed E-state index contributed by atoms with van der Waals surface area (Å²) in [6, 6.07) is 0.824. The summed E-state index contributed by atoms with van der Waals surface area (Å²) >= 11 is 0. The Bertz CT molecular complexity index is 406. The first-order valence-corrected chi connectivity index (χ1v) is 3.96. The molecule has 0 amide bonds. The molecule has 0 unspecified atom stereocenters. The minimum absolute atomic E-state index is 0.158. The van der Waals surface area contributed by atoms with E-state index in [-0.39, 0.29) is 17.0 Å². The van der Waals surface area contributed by atoms with Crippen LogP contribution in [0.2, 0.25) is 0 Å². The number of phenols is 1. The highest BCUT2D eigenvalue weighted by Crippen LogP contribution is 2.36. The topological polar surface area (TPSA) is 81.8 Å². The van der Waals surface area contributed by atoms with E-state index < -0.39 is 17.5 Å². The van der Waals surface area contributed by atoms with Crippen molar-refractivity contribution in [3.05, 3.63) is 17.4 Å². The Labute approximate surface area is 85.2 Å². The Kier molecular flexibility index (Phi) is 2.99. The fourth-order valence-electron chi connectivity index (χ4n) is 1.15. The molecule has 1 aromatic rings. The maximum absolute atomic E-state index is 13.0. The Morgan fingerprint density at radius 2 is 2.13 bits per heavy atom. The average molecular weight is 215 g/mol. The summed E-state index contributed by atoms with van der Waals surface area (Å²) in [6.45, 7) is 0. The minimum Gasteiger partial charge on any atom is -0.502 e. The predicted molar refractivity (Wildman–Crippen MR) is 50.4 cm³/mol. The molecule has 0 saturated carbocycles. The van der Waals surface area contributed by atoms with Gasteiger partial charge in [-0.3, -0.25) is 0 Å². The van der Waals surface area contributed by atoms with Crippen LogP contribution in [0.5, 0.6) is 11.5 Å². The SMILES string of the molecule is COC(=O)c1c(N)cc(F)c(O)c1OC. The van der Waals surface area contributed by atoms with Crippen molar-refractivity contribution in [3.8, 4) is 11.5 Å².